The van der Waals surface area contributed by atoms with Gasteiger partial charge in [0.05, 0.1) is 6.10 Å². The first-order chi connectivity index (χ1) is 8.20. The lowest BCUT2D eigenvalue weighted by Crippen LogP contribution is -2.39. The quantitative estimate of drug-likeness (QED) is 0.906. The number of hydrogen-bond donors (Lipinski definition) is 1. The fourth-order valence-electron chi connectivity index (χ4n) is 1.57. The molecule has 0 saturated carbocycles. The van der Waals surface area contributed by atoms with Crippen LogP contribution in [0.15, 0.2) is 18.3 Å². The molecule has 1 N–H and O–H groups in total. The van der Waals surface area contributed by atoms with Gasteiger partial charge in [-0.3, -0.25) is 0 Å². The molecule has 0 amide bonds. The summed E-state index contributed by atoms with van der Waals surface area (Å²) in [6, 6.07) is 2.74. The number of hydrogen-bond acceptors (Lipinski definition) is 3. The second-order valence-corrected chi connectivity index (χ2v) is 4.46. The molecule has 0 saturated heterocycles. The number of aromatic nitrogens is 1. The van der Waals surface area contributed by atoms with Gasteiger partial charge in [0.15, 0.2) is 0 Å². The van der Waals surface area contributed by atoms with E-state index < -0.39 is 18.8 Å². The number of aliphatic hydroxyl groups excluding tert-OH is 1. The molecule has 0 bridgehead atoms. The van der Waals surface area contributed by atoms with E-state index in [2.05, 4.69) is 4.98 Å². The zero-order chi connectivity index (χ0) is 13.9. The first-order valence-corrected chi connectivity index (χ1v) is 5.68. The van der Waals surface area contributed by atoms with Gasteiger partial charge >= 0.3 is 6.18 Å². The Morgan fingerprint density at radius 1 is 1.33 bits per heavy atom. The number of anilines is 1. The maximum Gasteiger partial charge on any atom is 0.405 e. The molecule has 0 aliphatic rings. The van der Waals surface area contributed by atoms with Crippen molar-refractivity contribution in [1.82, 2.24) is 4.98 Å². The van der Waals surface area contributed by atoms with Gasteiger partial charge in [-0.1, -0.05) is 0 Å². The van der Waals surface area contributed by atoms with Crippen molar-refractivity contribution >= 4 is 5.82 Å². The molecule has 0 aliphatic heterocycles. The van der Waals surface area contributed by atoms with Crippen molar-refractivity contribution in [3.05, 3.63) is 23.9 Å². The van der Waals surface area contributed by atoms with Crippen molar-refractivity contribution in [2.75, 3.05) is 11.4 Å². The maximum atomic E-state index is 12.5. The Morgan fingerprint density at radius 3 is 2.39 bits per heavy atom. The van der Waals surface area contributed by atoms with Crippen LogP contribution in [0.3, 0.4) is 0 Å². The van der Waals surface area contributed by atoms with Crippen molar-refractivity contribution in [2.24, 2.45) is 0 Å². The largest absolute Gasteiger partial charge is 0.405 e. The monoisotopic (exact) mass is 262 g/mol. The van der Waals surface area contributed by atoms with Gasteiger partial charge in [0.2, 0.25) is 0 Å². The molecule has 0 aliphatic carbocycles. The lowest BCUT2D eigenvalue weighted by Gasteiger charge is -2.29. The smallest absolute Gasteiger partial charge is 0.389 e. The summed E-state index contributed by atoms with van der Waals surface area (Å²) in [6.07, 6.45) is -3.61. The van der Waals surface area contributed by atoms with Gasteiger partial charge in [-0.15, -0.1) is 0 Å². The lowest BCUT2D eigenvalue weighted by atomic mass is 10.1. The fourth-order valence-corrected chi connectivity index (χ4v) is 1.57. The second kappa shape index (κ2) is 5.56. The zero-order valence-corrected chi connectivity index (χ0v) is 10.6. The lowest BCUT2D eigenvalue weighted by molar-refractivity contribution is -0.120. The molecular formula is C12H17F3N2O. The molecule has 1 aromatic heterocycles. The number of aliphatic hydroxyl groups is 1. The van der Waals surface area contributed by atoms with Crippen molar-refractivity contribution in [3.8, 4) is 0 Å². The van der Waals surface area contributed by atoms with E-state index in [0.29, 0.717) is 5.56 Å². The number of pyridine rings is 1. The van der Waals surface area contributed by atoms with Crippen LogP contribution in [0.5, 0.6) is 0 Å². The van der Waals surface area contributed by atoms with E-state index in [1.807, 2.05) is 0 Å². The highest BCUT2D eigenvalue weighted by atomic mass is 19.4. The first-order valence-electron chi connectivity index (χ1n) is 5.68. The summed E-state index contributed by atoms with van der Waals surface area (Å²) >= 11 is 0. The summed E-state index contributed by atoms with van der Waals surface area (Å²) < 4.78 is 37.5. The molecule has 1 rings (SSSR count). The number of nitrogens with zero attached hydrogens (tertiary/aromatic N) is 2. The minimum atomic E-state index is -4.28. The maximum absolute atomic E-state index is 12.5. The van der Waals surface area contributed by atoms with Gasteiger partial charge in [-0.2, -0.15) is 13.2 Å². The average Bonchev–Trinajstić information content (AvgIpc) is 2.24. The Balaban J connectivity index is 3.02. The third kappa shape index (κ3) is 4.18. The molecular weight excluding hydrogens is 245 g/mol. The number of alkyl halides is 3. The van der Waals surface area contributed by atoms with Crippen LogP contribution >= 0.6 is 0 Å². The van der Waals surface area contributed by atoms with Crippen LogP contribution in [0.1, 0.15) is 32.4 Å². The fraction of sp³-hybridized carbons (Fsp3) is 0.583. The molecule has 3 nitrogen and oxygen atoms in total. The molecule has 0 radical (unpaired) electrons. The molecule has 1 atom stereocenters. The molecule has 102 valence electrons. The molecule has 0 aromatic carbocycles. The summed E-state index contributed by atoms with van der Waals surface area (Å²) in [7, 11) is 0. The van der Waals surface area contributed by atoms with Crippen molar-refractivity contribution in [1.29, 1.82) is 0 Å². The molecule has 0 fully saturated rings. The Kier molecular flexibility index (Phi) is 4.56. The van der Waals surface area contributed by atoms with Crippen LogP contribution in [-0.2, 0) is 0 Å². The Labute approximate surface area is 104 Å². The summed E-state index contributed by atoms with van der Waals surface area (Å²) in [4.78, 5) is 5.10. The van der Waals surface area contributed by atoms with Crippen LogP contribution in [0.4, 0.5) is 19.0 Å². The van der Waals surface area contributed by atoms with Crippen LogP contribution in [0, 0.1) is 0 Å². The van der Waals surface area contributed by atoms with E-state index in [9.17, 15) is 18.3 Å². The Bertz CT molecular complexity index is 391. The van der Waals surface area contributed by atoms with Gasteiger partial charge in [0.25, 0.3) is 0 Å². The summed E-state index contributed by atoms with van der Waals surface area (Å²) in [6.45, 7) is 3.84. The summed E-state index contributed by atoms with van der Waals surface area (Å²) in [5.74, 6) is 0.223. The SMILES string of the molecule is CC(O)c1ccnc(N(CC(F)(F)F)C(C)C)c1. The van der Waals surface area contributed by atoms with Crippen LogP contribution in [-0.4, -0.2) is 28.9 Å². The first kappa shape index (κ1) is 14.8. The predicted molar refractivity (Wildman–Crippen MR) is 63.4 cm³/mol. The summed E-state index contributed by atoms with van der Waals surface area (Å²) in [5, 5.41) is 9.43. The molecule has 6 heteroatoms. The third-order valence-corrected chi connectivity index (χ3v) is 2.52. The minimum Gasteiger partial charge on any atom is -0.389 e. The van der Waals surface area contributed by atoms with Crippen LogP contribution in [0.25, 0.3) is 0 Å². The number of rotatable bonds is 4. The van der Waals surface area contributed by atoms with Gasteiger partial charge in [0, 0.05) is 12.2 Å². The van der Waals surface area contributed by atoms with Gasteiger partial charge in [-0.25, -0.2) is 4.98 Å². The highest BCUT2D eigenvalue weighted by Crippen LogP contribution is 2.24. The van der Waals surface area contributed by atoms with Crippen LogP contribution in [0.2, 0.25) is 0 Å². The van der Waals surface area contributed by atoms with Crippen molar-refractivity contribution < 1.29 is 18.3 Å². The third-order valence-electron chi connectivity index (χ3n) is 2.52. The zero-order valence-electron chi connectivity index (χ0n) is 10.6. The van der Waals surface area contributed by atoms with E-state index in [0.717, 1.165) is 4.90 Å². The number of halogens is 3. The summed E-state index contributed by atoms with van der Waals surface area (Å²) in [5.41, 5.74) is 0.549. The Morgan fingerprint density at radius 2 is 1.94 bits per heavy atom. The average molecular weight is 262 g/mol. The van der Waals surface area contributed by atoms with Gasteiger partial charge < -0.3 is 10.0 Å². The van der Waals surface area contributed by atoms with Crippen molar-refractivity contribution in [2.45, 2.75) is 39.1 Å². The van der Waals surface area contributed by atoms with E-state index in [1.165, 1.54) is 12.3 Å². The molecule has 0 spiro atoms. The molecule has 1 unspecified atom stereocenters. The predicted octanol–water partition coefficient (Wildman–Crippen LogP) is 2.91. The molecule has 18 heavy (non-hydrogen) atoms. The topological polar surface area (TPSA) is 36.4 Å². The molecule has 1 heterocycles. The Hall–Kier alpha value is -1.30. The van der Waals surface area contributed by atoms with E-state index >= 15 is 0 Å². The van der Waals surface area contributed by atoms with E-state index in [-0.39, 0.29) is 11.9 Å². The standard InChI is InChI=1S/C12H17F3N2O/c1-8(2)17(7-12(13,14)15)11-6-10(9(3)18)4-5-16-11/h4-6,8-9,18H,7H2,1-3H3. The normalized spacial score (nSPS) is 13.8. The highest BCUT2D eigenvalue weighted by molar-refractivity contribution is 5.42. The second-order valence-electron chi connectivity index (χ2n) is 4.46. The van der Waals surface area contributed by atoms with E-state index in [4.69, 9.17) is 0 Å². The van der Waals surface area contributed by atoms with Gasteiger partial charge in [-0.05, 0) is 38.5 Å². The van der Waals surface area contributed by atoms with Crippen LogP contribution < -0.4 is 4.90 Å². The van der Waals surface area contributed by atoms with E-state index in [1.54, 1.807) is 26.8 Å². The highest BCUT2D eigenvalue weighted by Gasteiger charge is 2.32. The minimum absolute atomic E-state index is 0.223. The van der Waals surface area contributed by atoms with Gasteiger partial charge in [0.1, 0.15) is 12.4 Å². The molecule has 1 aromatic rings. The van der Waals surface area contributed by atoms with Crippen molar-refractivity contribution in [3.63, 3.8) is 0 Å².